The van der Waals surface area contributed by atoms with Gasteiger partial charge in [0, 0.05) is 35.9 Å². The van der Waals surface area contributed by atoms with Crippen LogP contribution in [0.3, 0.4) is 0 Å². The van der Waals surface area contributed by atoms with Crippen molar-refractivity contribution < 1.29 is 19.5 Å². The van der Waals surface area contributed by atoms with Crippen LogP contribution >= 0.6 is 0 Å². The van der Waals surface area contributed by atoms with Crippen LogP contribution in [0.2, 0.25) is 0 Å². The number of likely N-dealkylation sites (tertiary alicyclic amines) is 1. The zero-order valence-electron chi connectivity index (χ0n) is 24.2. The van der Waals surface area contributed by atoms with Crippen LogP contribution < -0.4 is 16.0 Å². The van der Waals surface area contributed by atoms with E-state index < -0.39 is 5.97 Å². The molecule has 0 spiro atoms. The molecule has 1 saturated heterocycles. The summed E-state index contributed by atoms with van der Waals surface area (Å²) in [6, 6.07) is 20.5. The van der Waals surface area contributed by atoms with Crippen molar-refractivity contribution in [2.24, 2.45) is 0 Å². The molecule has 3 aromatic rings. The van der Waals surface area contributed by atoms with Gasteiger partial charge in [-0.3, -0.25) is 9.59 Å². The lowest BCUT2D eigenvalue weighted by Crippen LogP contribution is -2.44. The van der Waals surface area contributed by atoms with Gasteiger partial charge in [-0.2, -0.15) is 0 Å². The molecule has 0 radical (unpaired) electrons. The number of carboxylic acids is 1. The number of hydrogen-bond acceptors (Lipinski definition) is 6. The van der Waals surface area contributed by atoms with Crippen molar-refractivity contribution in [2.45, 2.75) is 25.8 Å². The minimum Gasteiger partial charge on any atom is -0.478 e. The summed E-state index contributed by atoms with van der Waals surface area (Å²) < 4.78 is 0. The maximum atomic E-state index is 13.2. The standard InChI is InChI=1S/C33H37N5O4/c1-21-19-27-28(20-26(21)33(41)42)36-32(40)29(27)30(22-7-5-4-6-8-22)35-24-11-9-23(10-12-24)31(39)34-15-18-38-16-13-25(14-17-38)37(2)3/h4-12,19-20,25,35H,13-18H2,1-3H3,(H,34,39)(H,36,40)(H,41,42)/b30-29+. The number of rotatable bonds is 9. The third-order valence-electron chi connectivity index (χ3n) is 8.07. The number of carbonyl (C=O) groups excluding carboxylic acids is 2. The van der Waals surface area contributed by atoms with Gasteiger partial charge in [-0.15, -0.1) is 0 Å². The van der Waals surface area contributed by atoms with E-state index in [1.807, 2.05) is 42.5 Å². The molecule has 0 bridgehead atoms. The smallest absolute Gasteiger partial charge is 0.336 e. The van der Waals surface area contributed by atoms with E-state index in [-0.39, 0.29) is 17.4 Å². The van der Waals surface area contributed by atoms with E-state index >= 15 is 0 Å². The van der Waals surface area contributed by atoms with Crippen molar-refractivity contribution in [3.63, 3.8) is 0 Å². The highest BCUT2D eigenvalue weighted by Crippen LogP contribution is 2.39. The summed E-state index contributed by atoms with van der Waals surface area (Å²) >= 11 is 0. The molecule has 0 saturated carbocycles. The maximum absolute atomic E-state index is 13.2. The Bertz CT molecular complexity index is 1510. The van der Waals surface area contributed by atoms with Gasteiger partial charge in [0.15, 0.2) is 0 Å². The molecule has 2 heterocycles. The van der Waals surface area contributed by atoms with Gasteiger partial charge in [0.25, 0.3) is 11.8 Å². The molecule has 2 aliphatic rings. The first-order valence-electron chi connectivity index (χ1n) is 14.2. The average Bonchev–Trinajstić information content (AvgIpc) is 3.30. The van der Waals surface area contributed by atoms with Crippen LogP contribution in [0.25, 0.3) is 11.3 Å². The predicted octanol–water partition coefficient (Wildman–Crippen LogP) is 4.38. The number of nitrogens with zero attached hydrogens (tertiary/aromatic N) is 2. The van der Waals surface area contributed by atoms with Gasteiger partial charge in [-0.25, -0.2) is 4.79 Å². The number of amides is 2. The fraction of sp³-hybridized carbons (Fsp3) is 0.303. The predicted molar refractivity (Wildman–Crippen MR) is 166 cm³/mol. The molecule has 2 aliphatic heterocycles. The molecule has 5 rings (SSSR count). The molecule has 3 aromatic carbocycles. The second-order valence-corrected chi connectivity index (χ2v) is 11.1. The number of aryl methyl sites for hydroxylation is 1. The van der Waals surface area contributed by atoms with Crippen molar-refractivity contribution in [3.05, 3.63) is 94.5 Å². The van der Waals surface area contributed by atoms with E-state index in [0.717, 1.165) is 38.0 Å². The Hall–Kier alpha value is -4.47. The van der Waals surface area contributed by atoms with Crippen molar-refractivity contribution in [3.8, 4) is 0 Å². The fourth-order valence-corrected chi connectivity index (χ4v) is 5.63. The van der Waals surface area contributed by atoms with Crippen LogP contribution in [0.1, 0.15) is 50.2 Å². The second kappa shape index (κ2) is 12.6. The van der Waals surface area contributed by atoms with Crippen molar-refractivity contribution in [1.82, 2.24) is 15.1 Å². The Morgan fingerprint density at radius 1 is 1.00 bits per heavy atom. The molecule has 218 valence electrons. The molecule has 0 atom stereocenters. The highest BCUT2D eigenvalue weighted by molar-refractivity contribution is 6.37. The average molecular weight is 568 g/mol. The van der Waals surface area contributed by atoms with Crippen LogP contribution in [-0.4, -0.2) is 79.0 Å². The van der Waals surface area contributed by atoms with Gasteiger partial charge in [0.1, 0.15) is 0 Å². The molecule has 0 aliphatic carbocycles. The SMILES string of the molecule is Cc1cc2c(cc1C(=O)O)NC(=O)/C2=C(/Nc1ccc(C(=O)NCCN2CCC(N(C)C)CC2)cc1)c1ccccc1. The minimum absolute atomic E-state index is 0.125. The quantitative estimate of drug-likeness (QED) is 0.284. The topological polar surface area (TPSA) is 114 Å². The Labute approximate surface area is 246 Å². The summed E-state index contributed by atoms with van der Waals surface area (Å²) in [4.78, 5) is 42.4. The number of piperidine rings is 1. The van der Waals surface area contributed by atoms with Gasteiger partial charge in [0.2, 0.25) is 0 Å². The number of anilines is 2. The molecular weight excluding hydrogens is 530 g/mol. The molecular formula is C33H37N5O4. The second-order valence-electron chi connectivity index (χ2n) is 11.1. The summed E-state index contributed by atoms with van der Waals surface area (Å²) in [5.74, 6) is -1.49. The Morgan fingerprint density at radius 3 is 2.33 bits per heavy atom. The van der Waals surface area contributed by atoms with E-state index in [0.29, 0.717) is 51.9 Å². The Kier molecular flexibility index (Phi) is 8.70. The van der Waals surface area contributed by atoms with Crippen LogP contribution in [0.15, 0.2) is 66.7 Å². The molecule has 1 fully saturated rings. The van der Waals surface area contributed by atoms with Crippen LogP contribution in [0, 0.1) is 6.92 Å². The van der Waals surface area contributed by atoms with E-state index in [4.69, 9.17) is 0 Å². The van der Waals surface area contributed by atoms with E-state index in [2.05, 4.69) is 39.8 Å². The first-order valence-corrected chi connectivity index (χ1v) is 14.2. The molecule has 9 heteroatoms. The zero-order chi connectivity index (χ0) is 29.8. The molecule has 4 N–H and O–H groups in total. The van der Waals surface area contributed by atoms with Gasteiger partial charge < -0.3 is 30.9 Å². The van der Waals surface area contributed by atoms with Crippen molar-refractivity contribution in [2.75, 3.05) is 50.9 Å². The van der Waals surface area contributed by atoms with Gasteiger partial charge >= 0.3 is 5.97 Å². The zero-order valence-corrected chi connectivity index (χ0v) is 24.2. The number of hydrogen-bond donors (Lipinski definition) is 4. The van der Waals surface area contributed by atoms with E-state index in [1.54, 1.807) is 25.1 Å². The number of carboxylic acid groups (broad SMARTS) is 1. The highest BCUT2D eigenvalue weighted by Gasteiger charge is 2.30. The van der Waals surface area contributed by atoms with Crippen LogP contribution in [0.5, 0.6) is 0 Å². The highest BCUT2D eigenvalue weighted by atomic mass is 16.4. The van der Waals surface area contributed by atoms with E-state index in [9.17, 15) is 19.5 Å². The molecule has 2 amide bonds. The van der Waals surface area contributed by atoms with Crippen molar-refractivity contribution in [1.29, 1.82) is 0 Å². The summed E-state index contributed by atoms with van der Waals surface area (Å²) in [6.45, 7) is 5.22. The molecule has 42 heavy (non-hydrogen) atoms. The number of aromatic carboxylic acids is 1. The first kappa shape index (κ1) is 29.0. The summed E-state index contributed by atoms with van der Waals surface area (Å²) in [5.41, 5.74) is 4.88. The third kappa shape index (κ3) is 6.37. The van der Waals surface area contributed by atoms with Gasteiger partial charge in [-0.05, 0) is 94.5 Å². The molecule has 0 unspecified atom stereocenters. The third-order valence-corrected chi connectivity index (χ3v) is 8.07. The van der Waals surface area contributed by atoms with Gasteiger partial charge in [0.05, 0.1) is 22.5 Å². The Morgan fingerprint density at radius 2 is 1.69 bits per heavy atom. The first-order chi connectivity index (χ1) is 20.2. The van der Waals surface area contributed by atoms with Crippen molar-refractivity contribution >= 4 is 40.4 Å². The number of nitrogens with one attached hydrogen (secondary N) is 3. The monoisotopic (exact) mass is 567 g/mol. The van der Waals surface area contributed by atoms with Gasteiger partial charge in [-0.1, -0.05) is 30.3 Å². The number of benzene rings is 3. The summed E-state index contributed by atoms with van der Waals surface area (Å²) in [7, 11) is 4.26. The molecule has 0 aromatic heterocycles. The molecule has 9 nitrogen and oxygen atoms in total. The Balaban J connectivity index is 1.31. The number of fused-ring (bicyclic) bond motifs is 1. The van der Waals surface area contributed by atoms with E-state index in [1.165, 1.54) is 6.07 Å². The minimum atomic E-state index is -1.04. The fourth-order valence-electron chi connectivity index (χ4n) is 5.63. The van der Waals surface area contributed by atoms with Crippen LogP contribution in [-0.2, 0) is 4.79 Å². The summed E-state index contributed by atoms with van der Waals surface area (Å²) in [5, 5.41) is 18.8. The maximum Gasteiger partial charge on any atom is 0.336 e. The lowest BCUT2D eigenvalue weighted by atomic mass is 9.96. The largest absolute Gasteiger partial charge is 0.478 e. The normalized spacial score (nSPS) is 16.6. The number of carbonyl (C=O) groups is 3. The summed E-state index contributed by atoms with van der Waals surface area (Å²) in [6.07, 6.45) is 2.29. The lowest BCUT2D eigenvalue weighted by Gasteiger charge is -2.35. The van der Waals surface area contributed by atoms with Crippen LogP contribution in [0.4, 0.5) is 11.4 Å². The lowest BCUT2D eigenvalue weighted by molar-refractivity contribution is -0.110.